The lowest BCUT2D eigenvalue weighted by atomic mass is 10.0. The van der Waals surface area contributed by atoms with Crippen LogP contribution in [0.25, 0.3) is 0 Å². The molecule has 0 aromatic carbocycles. The molecule has 0 saturated heterocycles. The van der Waals surface area contributed by atoms with Crippen molar-refractivity contribution >= 4 is 5.69 Å². The van der Waals surface area contributed by atoms with Crippen molar-refractivity contribution in [2.75, 3.05) is 12.3 Å². The normalized spacial score (nSPS) is 15.3. The topological polar surface area (TPSA) is 64.3 Å². The number of ether oxygens (including phenoxy) is 1. The molecular formula is C18H24N4O. The van der Waals surface area contributed by atoms with Crippen LogP contribution in [-0.4, -0.2) is 27.0 Å². The first-order valence-electron chi connectivity index (χ1n) is 8.00. The largest absolute Gasteiger partial charge is 0.472 e. The second-order valence-electron chi connectivity index (χ2n) is 6.97. The van der Waals surface area contributed by atoms with Gasteiger partial charge in [-0.2, -0.15) is 0 Å². The molecule has 0 spiro atoms. The Balaban J connectivity index is 1.71. The fourth-order valence-corrected chi connectivity index (χ4v) is 2.80. The van der Waals surface area contributed by atoms with Gasteiger partial charge < -0.3 is 10.5 Å². The molecule has 0 aliphatic carbocycles. The minimum atomic E-state index is -0.240. The van der Waals surface area contributed by atoms with E-state index in [0.717, 1.165) is 48.7 Å². The fraction of sp³-hybridized carbons (Fsp3) is 0.444. The van der Waals surface area contributed by atoms with Gasteiger partial charge in [-0.25, -0.2) is 4.98 Å². The molecule has 0 amide bonds. The number of rotatable bonds is 3. The standard InChI is InChI=1S/C18H24N4O/c1-18(2,3)23-17-6-4-5-13(21-17)11-22-10-8-16-14(12-22)15(19)7-9-20-16/h4-7,9H,8,10-12H2,1-3H3,(H2,19,20). The summed E-state index contributed by atoms with van der Waals surface area (Å²) < 4.78 is 5.85. The van der Waals surface area contributed by atoms with Gasteiger partial charge in [-0.3, -0.25) is 9.88 Å². The van der Waals surface area contributed by atoms with Crippen LogP contribution in [0.4, 0.5) is 5.69 Å². The van der Waals surface area contributed by atoms with Crippen molar-refractivity contribution in [1.82, 2.24) is 14.9 Å². The number of nitrogen functional groups attached to an aromatic ring is 1. The van der Waals surface area contributed by atoms with Crippen LogP contribution in [0.1, 0.15) is 37.7 Å². The van der Waals surface area contributed by atoms with E-state index in [-0.39, 0.29) is 5.60 Å². The summed E-state index contributed by atoms with van der Waals surface area (Å²) in [5.41, 5.74) is 9.97. The molecule has 5 heteroatoms. The highest BCUT2D eigenvalue weighted by Gasteiger charge is 2.20. The quantitative estimate of drug-likeness (QED) is 0.944. The molecule has 2 aromatic rings. The second kappa shape index (κ2) is 6.16. The molecule has 3 heterocycles. The zero-order valence-corrected chi connectivity index (χ0v) is 14.0. The number of hydrogen-bond donors (Lipinski definition) is 1. The van der Waals surface area contributed by atoms with Gasteiger partial charge in [0, 0.05) is 55.3 Å². The van der Waals surface area contributed by atoms with Crippen molar-refractivity contribution in [2.24, 2.45) is 0 Å². The summed E-state index contributed by atoms with van der Waals surface area (Å²) in [6.45, 7) is 8.65. The lowest BCUT2D eigenvalue weighted by molar-refractivity contribution is 0.123. The number of nitrogens with two attached hydrogens (primary N) is 1. The van der Waals surface area contributed by atoms with Gasteiger partial charge in [0.15, 0.2) is 0 Å². The molecule has 23 heavy (non-hydrogen) atoms. The summed E-state index contributed by atoms with van der Waals surface area (Å²) in [6.07, 6.45) is 2.72. The Bertz CT molecular complexity index is 694. The van der Waals surface area contributed by atoms with Crippen molar-refractivity contribution in [3.63, 3.8) is 0 Å². The van der Waals surface area contributed by atoms with E-state index in [2.05, 4.69) is 14.9 Å². The zero-order valence-electron chi connectivity index (χ0n) is 14.0. The molecule has 0 bridgehead atoms. The molecular weight excluding hydrogens is 288 g/mol. The predicted octanol–water partition coefficient (Wildman–Crippen LogP) is 2.79. The van der Waals surface area contributed by atoms with E-state index in [1.54, 1.807) is 6.20 Å². The van der Waals surface area contributed by atoms with Gasteiger partial charge in [-0.1, -0.05) is 6.07 Å². The summed E-state index contributed by atoms with van der Waals surface area (Å²) in [4.78, 5) is 11.4. The molecule has 122 valence electrons. The first kappa shape index (κ1) is 15.7. The zero-order chi connectivity index (χ0) is 16.4. The molecule has 5 nitrogen and oxygen atoms in total. The average Bonchev–Trinajstić information content (AvgIpc) is 2.47. The van der Waals surface area contributed by atoms with Gasteiger partial charge in [0.05, 0.1) is 5.69 Å². The first-order valence-corrected chi connectivity index (χ1v) is 8.00. The summed E-state index contributed by atoms with van der Waals surface area (Å²) in [5.74, 6) is 0.675. The van der Waals surface area contributed by atoms with E-state index in [0.29, 0.717) is 5.88 Å². The maximum atomic E-state index is 6.09. The third-order valence-electron chi connectivity index (χ3n) is 3.81. The van der Waals surface area contributed by atoms with Gasteiger partial charge in [0.25, 0.3) is 0 Å². The highest BCUT2D eigenvalue weighted by molar-refractivity contribution is 5.48. The van der Waals surface area contributed by atoms with Gasteiger partial charge in [-0.05, 0) is 32.9 Å². The summed E-state index contributed by atoms with van der Waals surface area (Å²) in [5, 5.41) is 0. The van der Waals surface area contributed by atoms with Crippen LogP contribution in [0.5, 0.6) is 5.88 Å². The third kappa shape index (κ3) is 3.99. The van der Waals surface area contributed by atoms with Crippen LogP contribution in [0.2, 0.25) is 0 Å². The molecule has 3 rings (SSSR count). The van der Waals surface area contributed by atoms with Crippen LogP contribution in [0.15, 0.2) is 30.5 Å². The summed E-state index contributed by atoms with van der Waals surface area (Å²) in [6, 6.07) is 7.81. The van der Waals surface area contributed by atoms with Crippen molar-refractivity contribution in [3.8, 4) is 5.88 Å². The van der Waals surface area contributed by atoms with E-state index >= 15 is 0 Å². The third-order valence-corrected chi connectivity index (χ3v) is 3.81. The molecule has 0 saturated carbocycles. The number of fused-ring (bicyclic) bond motifs is 1. The number of anilines is 1. The van der Waals surface area contributed by atoms with E-state index in [4.69, 9.17) is 10.5 Å². The number of pyridine rings is 2. The second-order valence-corrected chi connectivity index (χ2v) is 6.97. The van der Waals surface area contributed by atoms with Crippen molar-refractivity contribution in [2.45, 2.75) is 45.9 Å². The van der Waals surface area contributed by atoms with E-state index in [9.17, 15) is 0 Å². The molecule has 0 unspecified atom stereocenters. The molecule has 2 N–H and O–H groups in total. The summed E-state index contributed by atoms with van der Waals surface area (Å²) >= 11 is 0. The minimum absolute atomic E-state index is 0.240. The van der Waals surface area contributed by atoms with Crippen LogP contribution in [-0.2, 0) is 19.5 Å². The average molecular weight is 312 g/mol. The predicted molar refractivity (Wildman–Crippen MR) is 91.1 cm³/mol. The van der Waals surface area contributed by atoms with E-state index in [1.807, 2.05) is 45.0 Å². The fourth-order valence-electron chi connectivity index (χ4n) is 2.80. The Morgan fingerprint density at radius 2 is 2.09 bits per heavy atom. The van der Waals surface area contributed by atoms with E-state index < -0.39 is 0 Å². The molecule has 2 aromatic heterocycles. The van der Waals surface area contributed by atoms with Crippen molar-refractivity contribution < 1.29 is 4.74 Å². The van der Waals surface area contributed by atoms with Gasteiger partial charge in [-0.15, -0.1) is 0 Å². The molecule has 1 aliphatic rings. The molecule has 0 atom stereocenters. The Morgan fingerprint density at radius 3 is 2.87 bits per heavy atom. The number of aromatic nitrogens is 2. The Kier molecular flexibility index (Phi) is 4.22. The lowest BCUT2D eigenvalue weighted by Gasteiger charge is -2.28. The minimum Gasteiger partial charge on any atom is -0.472 e. The van der Waals surface area contributed by atoms with Gasteiger partial charge >= 0.3 is 0 Å². The molecule has 0 fully saturated rings. The Labute approximate surface area is 137 Å². The highest BCUT2D eigenvalue weighted by Crippen LogP contribution is 2.24. The van der Waals surface area contributed by atoms with Crippen LogP contribution < -0.4 is 10.5 Å². The number of hydrogen-bond acceptors (Lipinski definition) is 5. The first-order chi connectivity index (χ1) is 10.9. The smallest absolute Gasteiger partial charge is 0.213 e. The van der Waals surface area contributed by atoms with Gasteiger partial charge in [0.1, 0.15) is 5.60 Å². The van der Waals surface area contributed by atoms with Crippen molar-refractivity contribution in [1.29, 1.82) is 0 Å². The van der Waals surface area contributed by atoms with Crippen LogP contribution >= 0.6 is 0 Å². The summed E-state index contributed by atoms with van der Waals surface area (Å²) in [7, 11) is 0. The van der Waals surface area contributed by atoms with Crippen LogP contribution in [0.3, 0.4) is 0 Å². The maximum Gasteiger partial charge on any atom is 0.213 e. The van der Waals surface area contributed by atoms with Crippen molar-refractivity contribution in [3.05, 3.63) is 47.4 Å². The van der Waals surface area contributed by atoms with Crippen LogP contribution in [0, 0.1) is 0 Å². The molecule has 1 aliphatic heterocycles. The molecule has 0 radical (unpaired) electrons. The maximum absolute atomic E-state index is 6.09. The van der Waals surface area contributed by atoms with Gasteiger partial charge in [0.2, 0.25) is 5.88 Å². The Morgan fingerprint density at radius 1 is 1.26 bits per heavy atom. The SMILES string of the molecule is CC(C)(C)Oc1cccc(CN2CCc3nccc(N)c3C2)n1. The monoisotopic (exact) mass is 312 g/mol. The van der Waals surface area contributed by atoms with E-state index in [1.165, 1.54) is 0 Å². The number of nitrogens with zero attached hydrogens (tertiary/aromatic N) is 3. The highest BCUT2D eigenvalue weighted by atomic mass is 16.5. The lowest BCUT2D eigenvalue weighted by Crippen LogP contribution is -2.31. The Hall–Kier alpha value is -2.14.